The molecule has 1 heterocycles. The zero-order valence-electron chi connectivity index (χ0n) is 13.5. The van der Waals surface area contributed by atoms with Crippen LogP contribution < -0.4 is 0 Å². The lowest BCUT2D eigenvalue weighted by atomic mass is 9.88. The lowest BCUT2D eigenvalue weighted by molar-refractivity contribution is 0.00135. The van der Waals surface area contributed by atoms with Crippen LogP contribution in [0.15, 0.2) is 24.3 Å². The molecule has 2 rings (SSSR count). The molecular weight excluding hydrogens is 264 g/mol. The molecule has 2 atom stereocenters. The Morgan fingerprint density at radius 3 is 2.81 bits per heavy atom. The number of carbonyl (C=O) groups is 1. The molecular formula is C17H26N2O2. The summed E-state index contributed by atoms with van der Waals surface area (Å²) in [4.78, 5) is 15.7. The molecule has 4 heteroatoms. The van der Waals surface area contributed by atoms with Gasteiger partial charge in [-0.25, -0.2) is 4.79 Å². The number of nitrogens with zero attached hydrogens (tertiary/aromatic N) is 2. The Hall–Kier alpha value is -1.55. The fourth-order valence-electron chi connectivity index (χ4n) is 3.12. The van der Waals surface area contributed by atoms with Crippen molar-refractivity contribution in [1.82, 2.24) is 9.80 Å². The summed E-state index contributed by atoms with van der Waals surface area (Å²) in [5.41, 5.74) is 2.60. The number of aryl methyl sites for hydroxylation is 1. The predicted molar refractivity (Wildman–Crippen MR) is 84.4 cm³/mol. The van der Waals surface area contributed by atoms with Gasteiger partial charge in [0.2, 0.25) is 0 Å². The van der Waals surface area contributed by atoms with Crippen LogP contribution >= 0.6 is 0 Å². The molecule has 0 radical (unpaired) electrons. The molecule has 1 saturated heterocycles. The van der Waals surface area contributed by atoms with Gasteiger partial charge >= 0.3 is 6.03 Å². The normalized spacial score (nSPS) is 22.2. The summed E-state index contributed by atoms with van der Waals surface area (Å²) in [6, 6.07) is 8.68. The van der Waals surface area contributed by atoms with Crippen molar-refractivity contribution in [3.63, 3.8) is 0 Å². The Kier molecular flexibility index (Phi) is 5.23. The lowest BCUT2D eigenvalue weighted by Crippen LogP contribution is -2.50. The molecule has 0 aromatic heterocycles. The molecule has 21 heavy (non-hydrogen) atoms. The average Bonchev–Trinajstić information content (AvgIpc) is 2.46. The molecule has 1 aliphatic rings. The van der Waals surface area contributed by atoms with Gasteiger partial charge in [-0.1, -0.05) is 29.8 Å². The lowest BCUT2D eigenvalue weighted by Gasteiger charge is -2.39. The monoisotopic (exact) mass is 290 g/mol. The van der Waals surface area contributed by atoms with Crippen molar-refractivity contribution < 1.29 is 9.53 Å². The number of benzene rings is 1. The molecule has 1 aromatic rings. The molecule has 1 aliphatic heterocycles. The Bertz CT molecular complexity index is 487. The molecule has 0 unspecified atom stereocenters. The van der Waals surface area contributed by atoms with Gasteiger partial charge in [-0.05, 0) is 25.3 Å². The third-order valence-electron chi connectivity index (χ3n) is 4.20. The maximum atomic E-state index is 12.2. The minimum atomic E-state index is 0.0961. The molecule has 4 nitrogen and oxygen atoms in total. The summed E-state index contributed by atoms with van der Waals surface area (Å²) in [6.45, 7) is 3.66. The number of methoxy groups -OCH3 is 1. The highest BCUT2D eigenvalue weighted by atomic mass is 16.5. The quantitative estimate of drug-likeness (QED) is 0.857. The number of hydrogen-bond acceptors (Lipinski definition) is 2. The first kappa shape index (κ1) is 15.8. The van der Waals surface area contributed by atoms with E-state index in [-0.39, 0.29) is 12.1 Å². The number of ether oxygens (including phenoxy) is 1. The van der Waals surface area contributed by atoms with E-state index < -0.39 is 0 Å². The van der Waals surface area contributed by atoms with Crippen molar-refractivity contribution in [2.75, 3.05) is 34.3 Å². The minimum Gasteiger partial charge on any atom is -0.381 e. The molecule has 0 spiro atoms. The third-order valence-corrected chi connectivity index (χ3v) is 4.20. The van der Waals surface area contributed by atoms with Gasteiger partial charge in [0.1, 0.15) is 0 Å². The second kappa shape index (κ2) is 6.94. The molecule has 0 N–H and O–H groups in total. The Morgan fingerprint density at radius 2 is 2.19 bits per heavy atom. The highest BCUT2D eigenvalue weighted by Gasteiger charge is 2.32. The maximum Gasteiger partial charge on any atom is 0.319 e. The summed E-state index contributed by atoms with van der Waals surface area (Å²) >= 11 is 0. The van der Waals surface area contributed by atoms with Crippen LogP contribution in [0.5, 0.6) is 0 Å². The summed E-state index contributed by atoms with van der Waals surface area (Å²) in [6.07, 6.45) is 2.10. The Labute approximate surface area is 127 Å². The fourth-order valence-corrected chi connectivity index (χ4v) is 3.12. The number of urea groups is 1. The Balaban J connectivity index is 2.08. The van der Waals surface area contributed by atoms with Crippen molar-refractivity contribution in [3.05, 3.63) is 35.4 Å². The Morgan fingerprint density at radius 1 is 1.43 bits per heavy atom. The second-order valence-corrected chi connectivity index (χ2v) is 6.14. The van der Waals surface area contributed by atoms with E-state index >= 15 is 0 Å². The summed E-state index contributed by atoms with van der Waals surface area (Å²) < 4.78 is 5.64. The number of amides is 2. The standard InChI is InChI=1S/C17H26N2O2/c1-13-6-5-7-14(10-13)11-15-12-19(17(20)18(2)3)9-8-16(15)21-4/h5-7,10,15-16H,8-9,11-12H2,1-4H3/t15-,16+/m1/s1. The minimum absolute atomic E-state index is 0.0961. The van der Waals surface area contributed by atoms with Gasteiger partial charge in [-0.15, -0.1) is 0 Å². The third kappa shape index (κ3) is 3.97. The van der Waals surface area contributed by atoms with E-state index in [9.17, 15) is 4.79 Å². The molecule has 1 fully saturated rings. The van der Waals surface area contributed by atoms with Crippen LogP contribution in [0, 0.1) is 12.8 Å². The molecule has 0 bridgehead atoms. The van der Waals surface area contributed by atoms with E-state index in [2.05, 4.69) is 31.2 Å². The first-order chi connectivity index (χ1) is 10.0. The molecule has 0 aliphatic carbocycles. The van der Waals surface area contributed by atoms with Crippen LogP contribution in [0.25, 0.3) is 0 Å². The summed E-state index contributed by atoms with van der Waals surface area (Å²) in [7, 11) is 5.39. The van der Waals surface area contributed by atoms with E-state index in [1.165, 1.54) is 11.1 Å². The molecule has 0 saturated carbocycles. The maximum absolute atomic E-state index is 12.2. The van der Waals surface area contributed by atoms with Crippen molar-refractivity contribution in [3.8, 4) is 0 Å². The van der Waals surface area contributed by atoms with E-state index in [0.29, 0.717) is 5.92 Å². The van der Waals surface area contributed by atoms with Crippen LogP contribution in [-0.4, -0.2) is 56.2 Å². The van der Waals surface area contributed by atoms with Gasteiger partial charge in [0.05, 0.1) is 6.10 Å². The van der Waals surface area contributed by atoms with E-state index in [4.69, 9.17) is 4.74 Å². The van der Waals surface area contributed by atoms with Gasteiger partial charge < -0.3 is 14.5 Å². The van der Waals surface area contributed by atoms with Crippen LogP contribution in [0.2, 0.25) is 0 Å². The fraction of sp³-hybridized carbons (Fsp3) is 0.588. The largest absolute Gasteiger partial charge is 0.381 e. The number of likely N-dealkylation sites (tertiary alicyclic amines) is 1. The highest BCUT2D eigenvalue weighted by molar-refractivity contribution is 5.73. The summed E-state index contributed by atoms with van der Waals surface area (Å²) in [5, 5.41) is 0. The zero-order valence-corrected chi connectivity index (χ0v) is 13.5. The summed E-state index contributed by atoms with van der Waals surface area (Å²) in [5.74, 6) is 0.356. The molecule has 1 aromatic carbocycles. The number of carbonyl (C=O) groups excluding carboxylic acids is 1. The SMILES string of the molecule is CO[C@H]1CCN(C(=O)N(C)C)C[C@H]1Cc1cccc(C)c1. The van der Waals surface area contributed by atoms with E-state index in [1.807, 2.05) is 4.90 Å². The second-order valence-electron chi connectivity index (χ2n) is 6.14. The first-order valence-electron chi connectivity index (χ1n) is 7.56. The smallest absolute Gasteiger partial charge is 0.319 e. The van der Waals surface area contributed by atoms with Gasteiger partial charge in [0.25, 0.3) is 0 Å². The number of rotatable bonds is 3. The molecule has 2 amide bonds. The number of hydrogen-bond donors (Lipinski definition) is 0. The van der Waals surface area contributed by atoms with E-state index in [0.717, 1.165) is 25.9 Å². The van der Waals surface area contributed by atoms with Crippen molar-refractivity contribution in [2.45, 2.75) is 25.9 Å². The highest BCUT2D eigenvalue weighted by Crippen LogP contribution is 2.24. The van der Waals surface area contributed by atoms with Gasteiger partial charge in [0.15, 0.2) is 0 Å². The number of piperidine rings is 1. The first-order valence-corrected chi connectivity index (χ1v) is 7.56. The van der Waals surface area contributed by atoms with Crippen LogP contribution in [0.4, 0.5) is 4.79 Å². The average molecular weight is 290 g/mol. The van der Waals surface area contributed by atoms with E-state index in [1.54, 1.807) is 26.1 Å². The van der Waals surface area contributed by atoms with Crippen molar-refractivity contribution >= 4 is 6.03 Å². The zero-order chi connectivity index (χ0) is 15.4. The topological polar surface area (TPSA) is 32.8 Å². The van der Waals surface area contributed by atoms with Crippen LogP contribution in [0.1, 0.15) is 17.5 Å². The predicted octanol–water partition coefficient (Wildman–Crippen LogP) is 2.56. The van der Waals surface area contributed by atoms with Crippen molar-refractivity contribution in [1.29, 1.82) is 0 Å². The van der Waals surface area contributed by atoms with Crippen LogP contribution in [-0.2, 0) is 11.2 Å². The van der Waals surface area contributed by atoms with Crippen molar-refractivity contribution in [2.24, 2.45) is 5.92 Å². The van der Waals surface area contributed by atoms with Crippen LogP contribution in [0.3, 0.4) is 0 Å². The van der Waals surface area contributed by atoms with Gasteiger partial charge in [-0.2, -0.15) is 0 Å². The van der Waals surface area contributed by atoms with Gasteiger partial charge in [-0.3, -0.25) is 0 Å². The van der Waals surface area contributed by atoms with Gasteiger partial charge in [0, 0.05) is 40.2 Å². The molecule has 116 valence electrons.